The maximum absolute atomic E-state index is 12.5. The Hall–Kier alpha value is -1.83. The minimum absolute atomic E-state index is 0.00477. The predicted octanol–water partition coefficient (Wildman–Crippen LogP) is 2.40. The molecule has 1 aromatic heterocycles. The second-order valence-corrected chi connectivity index (χ2v) is 6.92. The SMILES string of the molecule is O=C(Nc1nsc(-c2ccccc2)n1)[C@@H]1CCN1C1CCOCC1. The average Bonchev–Trinajstić information content (AvgIpc) is 3.04. The molecule has 1 N–H and O–H groups in total. The summed E-state index contributed by atoms with van der Waals surface area (Å²) in [5.41, 5.74) is 1.02. The number of benzene rings is 1. The Morgan fingerprint density at radius 2 is 2.00 bits per heavy atom. The van der Waals surface area contributed by atoms with Gasteiger partial charge in [0.05, 0.1) is 6.04 Å². The summed E-state index contributed by atoms with van der Waals surface area (Å²) in [6.45, 7) is 2.58. The van der Waals surface area contributed by atoms with Crippen molar-refractivity contribution in [3.8, 4) is 10.6 Å². The van der Waals surface area contributed by atoms with Crippen LogP contribution in [-0.2, 0) is 9.53 Å². The monoisotopic (exact) mass is 344 g/mol. The van der Waals surface area contributed by atoms with E-state index in [2.05, 4.69) is 19.6 Å². The first-order valence-electron chi connectivity index (χ1n) is 8.35. The molecule has 126 valence electrons. The molecule has 0 aliphatic carbocycles. The highest BCUT2D eigenvalue weighted by Crippen LogP contribution is 2.28. The minimum atomic E-state index is -0.0585. The van der Waals surface area contributed by atoms with Gasteiger partial charge in [0, 0.05) is 31.4 Å². The van der Waals surface area contributed by atoms with E-state index in [1.54, 1.807) is 0 Å². The molecule has 2 aromatic rings. The Balaban J connectivity index is 1.39. The van der Waals surface area contributed by atoms with Gasteiger partial charge < -0.3 is 4.74 Å². The van der Waals surface area contributed by atoms with Crippen LogP contribution in [0.25, 0.3) is 10.6 Å². The maximum atomic E-state index is 12.5. The second kappa shape index (κ2) is 6.96. The second-order valence-electron chi connectivity index (χ2n) is 6.16. The van der Waals surface area contributed by atoms with Crippen LogP contribution in [-0.4, -0.2) is 52.0 Å². The summed E-state index contributed by atoms with van der Waals surface area (Å²) in [7, 11) is 0. The molecule has 1 atom stereocenters. The number of rotatable bonds is 4. The van der Waals surface area contributed by atoms with E-state index in [1.165, 1.54) is 11.5 Å². The molecule has 0 spiro atoms. The van der Waals surface area contributed by atoms with Crippen molar-refractivity contribution >= 4 is 23.4 Å². The third-order valence-corrected chi connectivity index (χ3v) is 5.47. The minimum Gasteiger partial charge on any atom is -0.381 e. The topological polar surface area (TPSA) is 67.4 Å². The summed E-state index contributed by atoms with van der Waals surface area (Å²) in [6.07, 6.45) is 2.92. The summed E-state index contributed by atoms with van der Waals surface area (Å²) in [5.74, 6) is 0.410. The summed E-state index contributed by atoms with van der Waals surface area (Å²) in [4.78, 5) is 19.3. The lowest BCUT2D eigenvalue weighted by molar-refractivity contribution is -0.129. The number of anilines is 1. The molecule has 0 radical (unpaired) electrons. The van der Waals surface area contributed by atoms with E-state index < -0.39 is 0 Å². The van der Waals surface area contributed by atoms with Gasteiger partial charge in [-0.15, -0.1) is 0 Å². The fourth-order valence-electron chi connectivity index (χ4n) is 3.31. The number of aromatic nitrogens is 2. The van der Waals surface area contributed by atoms with Crippen molar-refractivity contribution in [3.05, 3.63) is 30.3 Å². The number of nitrogens with zero attached hydrogens (tertiary/aromatic N) is 3. The Bertz CT molecular complexity index is 700. The average molecular weight is 344 g/mol. The number of hydrogen-bond acceptors (Lipinski definition) is 6. The molecule has 2 saturated heterocycles. The largest absolute Gasteiger partial charge is 0.381 e. The molecule has 0 unspecified atom stereocenters. The highest BCUT2D eigenvalue weighted by Gasteiger charge is 2.39. The van der Waals surface area contributed by atoms with Crippen LogP contribution in [0, 0.1) is 0 Å². The van der Waals surface area contributed by atoms with Gasteiger partial charge >= 0.3 is 0 Å². The van der Waals surface area contributed by atoms with Crippen molar-refractivity contribution in [1.29, 1.82) is 0 Å². The predicted molar refractivity (Wildman–Crippen MR) is 92.9 cm³/mol. The zero-order chi connectivity index (χ0) is 16.4. The van der Waals surface area contributed by atoms with E-state index >= 15 is 0 Å². The van der Waals surface area contributed by atoms with Crippen LogP contribution in [0.1, 0.15) is 19.3 Å². The zero-order valence-corrected chi connectivity index (χ0v) is 14.2. The lowest BCUT2D eigenvalue weighted by Gasteiger charge is -2.46. The van der Waals surface area contributed by atoms with Gasteiger partial charge in [-0.1, -0.05) is 30.3 Å². The highest BCUT2D eigenvalue weighted by atomic mass is 32.1. The quantitative estimate of drug-likeness (QED) is 0.922. The molecule has 6 nitrogen and oxygen atoms in total. The Kier molecular flexibility index (Phi) is 4.55. The molecule has 4 rings (SSSR count). The Labute approximate surface area is 145 Å². The van der Waals surface area contributed by atoms with Crippen molar-refractivity contribution in [2.75, 3.05) is 25.1 Å². The van der Waals surface area contributed by atoms with E-state index in [-0.39, 0.29) is 11.9 Å². The molecule has 0 saturated carbocycles. The summed E-state index contributed by atoms with van der Waals surface area (Å²) < 4.78 is 9.68. The van der Waals surface area contributed by atoms with Gasteiger partial charge in [-0.25, -0.2) is 0 Å². The van der Waals surface area contributed by atoms with E-state index in [0.29, 0.717) is 12.0 Å². The van der Waals surface area contributed by atoms with Crippen LogP contribution in [0.5, 0.6) is 0 Å². The number of carbonyl (C=O) groups is 1. The number of amides is 1. The zero-order valence-electron chi connectivity index (χ0n) is 13.4. The summed E-state index contributed by atoms with van der Waals surface area (Å²) in [5, 5.41) is 3.70. The van der Waals surface area contributed by atoms with Crippen LogP contribution < -0.4 is 5.32 Å². The molecule has 2 aliphatic heterocycles. The molecule has 2 fully saturated rings. The van der Waals surface area contributed by atoms with Gasteiger partial charge in [-0.05, 0) is 30.8 Å². The van der Waals surface area contributed by atoms with Crippen molar-refractivity contribution in [1.82, 2.24) is 14.3 Å². The highest BCUT2D eigenvalue weighted by molar-refractivity contribution is 7.09. The number of hydrogen-bond donors (Lipinski definition) is 1. The Morgan fingerprint density at radius 3 is 2.71 bits per heavy atom. The van der Waals surface area contributed by atoms with E-state index in [1.807, 2.05) is 30.3 Å². The van der Waals surface area contributed by atoms with Gasteiger partial charge in [0.2, 0.25) is 11.9 Å². The molecular weight excluding hydrogens is 324 g/mol. The third kappa shape index (κ3) is 3.19. The van der Waals surface area contributed by atoms with E-state index in [4.69, 9.17) is 4.74 Å². The fraction of sp³-hybridized carbons (Fsp3) is 0.471. The first-order valence-corrected chi connectivity index (χ1v) is 9.12. The number of nitrogens with one attached hydrogen (secondary N) is 1. The van der Waals surface area contributed by atoms with Gasteiger partial charge in [0.15, 0.2) is 0 Å². The van der Waals surface area contributed by atoms with Gasteiger partial charge in [-0.3, -0.25) is 15.0 Å². The molecule has 1 aromatic carbocycles. The van der Waals surface area contributed by atoms with Crippen LogP contribution in [0.4, 0.5) is 5.95 Å². The fourth-order valence-corrected chi connectivity index (χ4v) is 3.94. The van der Waals surface area contributed by atoms with E-state index in [9.17, 15) is 4.79 Å². The van der Waals surface area contributed by atoms with Crippen molar-refractivity contribution in [2.24, 2.45) is 0 Å². The molecular formula is C17H20N4O2S. The molecule has 1 amide bonds. The summed E-state index contributed by atoms with van der Waals surface area (Å²) in [6, 6.07) is 10.3. The van der Waals surface area contributed by atoms with Gasteiger partial charge in [0.1, 0.15) is 5.01 Å². The maximum Gasteiger partial charge on any atom is 0.244 e. The van der Waals surface area contributed by atoms with Crippen LogP contribution in [0.2, 0.25) is 0 Å². The molecule has 24 heavy (non-hydrogen) atoms. The van der Waals surface area contributed by atoms with Gasteiger partial charge in [-0.2, -0.15) is 9.36 Å². The molecule has 7 heteroatoms. The standard InChI is InChI=1S/C17H20N4O2S/c22-15(14-6-9-21(14)13-7-10-23-11-8-13)18-17-19-16(24-20-17)12-4-2-1-3-5-12/h1-5,13-14H,6-11H2,(H,18,20,22)/t14-/m0/s1. The first kappa shape index (κ1) is 15.7. The van der Waals surface area contributed by atoms with E-state index in [0.717, 1.165) is 49.6 Å². The lowest BCUT2D eigenvalue weighted by Crippen LogP contribution is -2.59. The number of ether oxygens (including phenoxy) is 1. The van der Waals surface area contributed by atoms with Gasteiger partial charge in [0.25, 0.3) is 0 Å². The first-order chi connectivity index (χ1) is 11.8. The smallest absolute Gasteiger partial charge is 0.244 e. The number of carbonyl (C=O) groups excluding carboxylic acids is 1. The molecule has 3 heterocycles. The van der Waals surface area contributed by atoms with Crippen LogP contribution >= 0.6 is 11.5 Å². The Morgan fingerprint density at radius 1 is 1.21 bits per heavy atom. The van der Waals surface area contributed by atoms with Crippen LogP contribution in [0.3, 0.4) is 0 Å². The van der Waals surface area contributed by atoms with Crippen molar-refractivity contribution < 1.29 is 9.53 Å². The number of likely N-dealkylation sites (tertiary alicyclic amines) is 1. The third-order valence-electron chi connectivity index (χ3n) is 4.71. The lowest BCUT2D eigenvalue weighted by atomic mass is 9.95. The van der Waals surface area contributed by atoms with Crippen molar-refractivity contribution in [2.45, 2.75) is 31.3 Å². The molecule has 2 aliphatic rings. The molecule has 0 bridgehead atoms. The van der Waals surface area contributed by atoms with Crippen molar-refractivity contribution in [3.63, 3.8) is 0 Å². The normalized spacial score (nSPS) is 22.1. The van der Waals surface area contributed by atoms with Crippen LogP contribution in [0.15, 0.2) is 30.3 Å². The summed E-state index contributed by atoms with van der Waals surface area (Å²) >= 11 is 1.30.